The van der Waals surface area contributed by atoms with Gasteiger partial charge < -0.3 is 4.42 Å². The third-order valence-corrected chi connectivity index (χ3v) is 4.36. The highest BCUT2D eigenvalue weighted by Crippen LogP contribution is 2.32. The average Bonchev–Trinajstić information content (AvgIpc) is 2.84. The van der Waals surface area contributed by atoms with Gasteiger partial charge in [-0.05, 0) is 62.2 Å². The van der Waals surface area contributed by atoms with E-state index in [9.17, 15) is 0 Å². The SMILES string of the molecule is NNC(c1cc2cc(Cl)ccc2o1)c1ncc(Br)cc1Br. The van der Waals surface area contributed by atoms with Gasteiger partial charge >= 0.3 is 0 Å². The molecule has 2 aromatic heterocycles. The van der Waals surface area contributed by atoms with Crippen molar-refractivity contribution in [1.29, 1.82) is 0 Å². The number of rotatable bonds is 3. The van der Waals surface area contributed by atoms with Crippen LogP contribution < -0.4 is 11.3 Å². The van der Waals surface area contributed by atoms with Crippen LogP contribution in [0.5, 0.6) is 0 Å². The van der Waals surface area contributed by atoms with Crippen LogP contribution in [0.25, 0.3) is 11.0 Å². The third kappa shape index (κ3) is 3.00. The minimum atomic E-state index is -0.362. The molecule has 21 heavy (non-hydrogen) atoms. The summed E-state index contributed by atoms with van der Waals surface area (Å²) in [6, 6.07) is 8.92. The predicted octanol–water partition coefficient (Wildman–Crippen LogP) is 4.56. The van der Waals surface area contributed by atoms with Crippen molar-refractivity contribution in [2.45, 2.75) is 6.04 Å². The van der Waals surface area contributed by atoms with Gasteiger partial charge in [0.15, 0.2) is 0 Å². The topological polar surface area (TPSA) is 64.1 Å². The molecule has 1 aromatic carbocycles. The second-order valence-corrected chi connectivity index (χ2v) is 6.66. The quantitative estimate of drug-likeness (QED) is 0.471. The Morgan fingerprint density at radius 1 is 1.24 bits per heavy atom. The fraction of sp³-hybridized carbons (Fsp3) is 0.0714. The molecule has 0 radical (unpaired) electrons. The summed E-state index contributed by atoms with van der Waals surface area (Å²) in [5.41, 5.74) is 4.23. The molecule has 3 rings (SSSR count). The Kier molecular flexibility index (Phi) is 4.33. The number of pyridine rings is 1. The highest BCUT2D eigenvalue weighted by Gasteiger charge is 2.21. The predicted molar refractivity (Wildman–Crippen MR) is 90.0 cm³/mol. The van der Waals surface area contributed by atoms with E-state index in [1.165, 1.54) is 0 Å². The van der Waals surface area contributed by atoms with Gasteiger partial charge in [-0.2, -0.15) is 0 Å². The summed E-state index contributed by atoms with van der Waals surface area (Å²) in [5.74, 6) is 6.36. The van der Waals surface area contributed by atoms with Crippen molar-refractivity contribution >= 4 is 54.4 Å². The number of halogens is 3. The number of furan rings is 1. The van der Waals surface area contributed by atoms with Gasteiger partial charge in [-0.25, -0.2) is 5.43 Å². The molecule has 0 bridgehead atoms. The van der Waals surface area contributed by atoms with Gasteiger partial charge in [-0.3, -0.25) is 10.8 Å². The van der Waals surface area contributed by atoms with E-state index in [-0.39, 0.29) is 6.04 Å². The summed E-state index contributed by atoms with van der Waals surface area (Å²) in [4.78, 5) is 4.39. The molecule has 1 unspecified atom stereocenters. The van der Waals surface area contributed by atoms with E-state index in [0.717, 1.165) is 25.6 Å². The fourth-order valence-electron chi connectivity index (χ4n) is 2.11. The maximum atomic E-state index is 5.99. The average molecular weight is 432 g/mol. The highest BCUT2D eigenvalue weighted by molar-refractivity contribution is 9.11. The van der Waals surface area contributed by atoms with Gasteiger partial charge in [0.1, 0.15) is 17.4 Å². The molecule has 3 N–H and O–H groups in total. The van der Waals surface area contributed by atoms with Gasteiger partial charge in [0.2, 0.25) is 0 Å². The monoisotopic (exact) mass is 429 g/mol. The first-order valence-electron chi connectivity index (χ1n) is 6.04. The molecule has 0 spiro atoms. The van der Waals surface area contributed by atoms with Crippen LogP contribution in [0.15, 0.2) is 49.9 Å². The zero-order valence-corrected chi connectivity index (χ0v) is 14.5. The molecule has 0 aliphatic carbocycles. The summed E-state index contributed by atoms with van der Waals surface area (Å²) in [7, 11) is 0. The summed E-state index contributed by atoms with van der Waals surface area (Å²) in [6.45, 7) is 0. The fourth-order valence-corrected chi connectivity index (χ4v) is 3.51. The van der Waals surface area contributed by atoms with E-state index in [4.69, 9.17) is 21.9 Å². The minimum absolute atomic E-state index is 0.362. The Hall–Kier alpha value is -0.920. The lowest BCUT2D eigenvalue weighted by Crippen LogP contribution is -2.29. The van der Waals surface area contributed by atoms with Crippen molar-refractivity contribution < 1.29 is 4.42 Å². The second kappa shape index (κ2) is 6.06. The van der Waals surface area contributed by atoms with Gasteiger partial charge in [-0.15, -0.1) is 0 Å². The summed E-state index contributed by atoms with van der Waals surface area (Å²) < 4.78 is 7.55. The molecule has 1 atom stereocenters. The lowest BCUT2D eigenvalue weighted by Gasteiger charge is -2.14. The Balaban J connectivity index is 2.09. The molecule has 7 heteroatoms. The van der Waals surface area contributed by atoms with Gasteiger partial charge in [-0.1, -0.05) is 11.6 Å². The first-order valence-corrected chi connectivity index (χ1v) is 8.01. The van der Waals surface area contributed by atoms with E-state index < -0.39 is 0 Å². The number of nitrogens with two attached hydrogens (primary N) is 1. The number of aromatic nitrogens is 1. The Labute approximate surface area is 142 Å². The van der Waals surface area contributed by atoms with Crippen LogP contribution in [0.3, 0.4) is 0 Å². The first kappa shape index (κ1) is 15.0. The van der Waals surface area contributed by atoms with Crippen molar-refractivity contribution in [3.8, 4) is 0 Å². The molecular formula is C14H10Br2ClN3O. The molecule has 108 valence electrons. The molecule has 2 heterocycles. The van der Waals surface area contributed by atoms with E-state index in [1.807, 2.05) is 24.3 Å². The van der Waals surface area contributed by atoms with Crippen LogP contribution in [-0.2, 0) is 0 Å². The summed E-state index contributed by atoms with van der Waals surface area (Å²) in [5, 5.41) is 1.58. The summed E-state index contributed by atoms with van der Waals surface area (Å²) in [6.07, 6.45) is 1.71. The Morgan fingerprint density at radius 3 is 2.76 bits per heavy atom. The molecule has 0 aliphatic rings. The van der Waals surface area contributed by atoms with Crippen LogP contribution in [0, 0.1) is 0 Å². The van der Waals surface area contributed by atoms with Crippen LogP contribution >= 0.6 is 43.5 Å². The molecule has 3 aromatic rings. The number of hydrazine groups is 1. The van der Waals surface area contributed by atoms with Crippen molar-refractivity contribution in [2.75, 3.05) is 0 Å². The van der Waals surface area contributed by atoms with Crippen molar-refractivity contribution in [3.63, 3.8) is 0 Å². The third-order valence-electron chi connectivity index (χ3n) is 3.06. The van der Waals surface area contributed by atoms with Crippen LogP contribution in [0.1, 0.15) is 17.5 Å². The van der Waals surface area contributed by atoms with Gasteiger partial charge in [0.25, 0.3) is 0 Å². The zero-order chi connectivity index (χ0) is 15.0. The van der Waals surface area contributed by atoms with Crippen LogP contribution in [-0.4, -0.2) is 4.98 Å². The molecule has 4 nitrogen and oxygen atoms in total. The number of hydrogen-bond donors (Lipinski definition) is 2. The van der Waals surface area contributed by atoms with E-state index >= 15 is 0 Å². The van der Waals surface area contributed by atoms with E-state index in [2.05, 4.69) is 42.3 Å². The Bertz CT molecular complexity index is 806. The summed E-state index contributed by atoms with van der Waals surface area (Å²) >= 11 is 12.9. The van der Waals surface area contributed by atoms with Crippen LogP contribution in [0.2, 0.25) is 5.02 Å². The normalized spacial score (nSPS) is 12.8. The smallest absolute Gasteiger partial charge is 0.134 e. The second-order valence-electron chi connectivity index (χ2n) is 4.45. The molecule has 0 aliphatic heterocycles. The van der Waals surface area contributed by atoms with Gasteiger partial charge in [0, 0.05) is 25.6 Å². The largest absolute Gasteiger partial charge is 0.459 e. The number of hydrogen-bond acceptors (Lipinski definition) is 4. The maximum Gasteiger partial charge on any atom is 0.134 e. The zero-order valence-electron chi connectivity index (χ0n) is 10.6. The van der Waals surface area contributed by atoms with Crippen molar-refractivity contribution in [2.24, 2.45) is 5.84 Å². The number of benzene rings is 1. The molecule has 0 fully saturated rings. The highest BCUT2D eigenvalue weighted by atomic mass is 79.9. The first-order chi connectivity index (χ1) is 10.1. The van der Waals surface area contributed by atoms with Gasteiger partial charge in [0.05, 0.1) is 5.69 Å². The number of nitrogens with one attached hydrogen (secondary N) is 1. The van der Waals surface area contributed by atoms with E-state index in [1.54, 1.807) is 12.3 Å². The Morgan fingerprint density at radius 2 is 2.05 bits per heavy atom. The molecule has 0 saturated carbocycles. The van der Waals surface area contributed by atoms with E-state index in [0.29, 0.717) is 10.8 Å². The lowest BCUT2D eigenvalue weighted by molar-refractivity contribution is 0.470. The maximum absolute atomic E-state index is 5.99. The molecular weight excluding hydrogens is 421 g/mol. The van der Waals surface area contributed by atoms with Crippen LogP contribution in [0.4, 0.5) is 0 Å². The molecule has 0 saturated heterocycles. The minimum Gasteiger partial charge on any atom is -0.459 e. The van der Waals surface area contributed by atoms with Crippen molar-refractivity contribution in [3.05, 3.63) is 62.0 Å². The number of nitrogens with zero attached hydrogens (tertiary/aromatic N) is 1. The van der Waals surface area contributed by atoms with Crippen molar-refractivity contribution in [1.82, 2.24) is 10.4 Å². The number of fused-ring (bicyclic) bond motifs is 1. The lowest BCUT2D eigenvalue weighted by atomic mass is 10.1. The standard InChI is InChI=1S/C14H10Br2ClN3O/c15-8-5-10(16)13(19-6-8)14(20-18)12-4-7-3-9(17)1-2-11(7)21-12/h1-6,14,20H,18H2. The molecule has 0 amide bonds.